The zero-order valence-electron chi connectivity index (χ0n) is 10.5. The summed E-state index contributed by atoms with van der Waals surface area (Å²) in [5, 5.41) is 10.4. The first-order valence-electron chi connectivity index (χ1n) is 5.63. The molecule has 0 amide bonds. The molecule has 100 valence electrons. The summed E-state index contributed by atoms with van der Waals surface area (Å²) in [6.07, 6.45) is 0. The number of aliphatic hydroxyl groups is 1. The maximum Gasteiger partial charge on any atom is 0.373 e. The van der Waals surface area contributed by atoms with Gasteiger partial charge in [0, 0.05) is 5.56 Å². The fraction of sp³-hybridized carbons (Fsp3) is 0.214. The van der Waals surface area contributed by atoms with Crippen molar-refractivity contribution in [2.75, 3.05) is 7.11 Å². The van der Waals surface area contributed by atoms with Crippen molar-refractivity contribution in [1.29, 1.82) is 0 Å². The monoisotopic (exact) mass is 264 g/mol. The molecule has 0 aliphatic heterocycles. The number of esters is 1. The Morgan fingerprint density at radius 3 is 2.63 bits per heavy atom. The standard InChI is InChI=1S/C14H13FO4/c1-14(17,9-5-3-4-6-10(9)15)12-8-7-11(19-12)13(16)18-2/h3-8,17H,1-2H3. The lowest BCUT2D eigenvalue weighted by Crippen LogP contribution is -2.23. The molecule has 1 unspecified atom stereocenters. The molecule has 0 bridgehead atoms. The topological polar surface area (TPSA) is 59.7 Å². The summed E-state index contributed by atoms with van der Waals surface area (Å²) in [4.78, 5) is 11.3. The molecule has 1 aromatic carbocycles. The lowest BCUT2D eigenvalue weighted by molar-refractivity contribution is 0.0516. The van der Waals surface area contributed by atoms with Crippen LogP contribution in [0.1, 0.15) is 28.8 Å². The van der Waals surface area contributed by atoms with E-state index in [-0.39, 0.29) is 17.1 Å². The van der Waals surface area contributed by atoms with Crippen LogP contribution in [0.2, 0.25) is 0 Å². The fourth-order valence-corrected chi connectivity index (χ4v) is 1.80. The van der Waals surface area contributed by atoms with Crippen LogP contribution in [0, 0.1) is 5.82 Å². The van der Waals surface area contributed by atoms with E-state index in [0.29, 0.717) is 0 Å². The van der Waals surface area contributed by atoms with Crippen molar-refractivity contribution >= 4 is 5.97 Å². The van der Waals surface area contributed by atoms with Gasteiger partial charge in [-0.25, -0.2) is 9.18 Å². The van der Waals surface area contributed by atoms with Gasteiger partial charge >= 0.3 is 5.97 Å². The molecule has 5 heteroatoms. The second-order valence-electron chi connectivity index (χ2n) is 4.21. The van der Waals surface area contributed by atoms with Crippen LogP contribution < -0.4 is 0 Å². The molecular weight excluding hydrogens is 251 g/mol. The van der Waals surface area contributed by atoms with Crippen LogP contribution in [-0.2, 0) is 10.3 Å². The minimum Gasteiger partial charge on any atom is -0.463 e. The lowest BCUT2D eigenvalue weighted by atomic mass is 9.93. The van der Waals surface area contributed by atoms with Gasteiger partial charge in [-0.2, -0.15) is 0 Å². The SMILES string of the molecule is COC(=O)c1ccc(C(C)(O)c2ccccc2F)o1. The molecule has 2 aromatic rings. The average Bonchev–Trinajstić information content (AvgIpc) is 2.88. The van der Waals surface area contributed by atoms with Crippen molar-refractivity contribution in [2.45, 2.75) is 12.5 Å². The van der Waals surface area contributed by atoms with E-state index in [1.165, 1.54) is 44.4 Å². The Bertz CT molecular complexity index is 601. The molecule has 0 saturated carbocycles. The van der Waals surface area contributed by atoms with Gasteiger partial charge in [0.1, 0.15) is 17.2 Å². The molecule has 2 rings (SSSR count). The maximum atomic E-state index is 13.7. The van der Waals surface area contributed by atoms with Gasteiger partial charge in [-0.15, -0.1) is 0 Å². The van der Waals surface area contributed by atoms with E-state index in [0.717, 1.165) is 0 Å². The van der Waals surface area contributed by atoms with Gasteiger partial charge in [0.05, 0.1) is 7.11 Å². The van der Waals surface area contributed by atoms with Crippen LogP contribution >= 0.6 is 0 Å². The molecule has 1 heterocycles. The zero-order valence-corrected chi connectivity index (χ0v) is 10.5. The number of carbonyl (C=O) groups is 1. The van der Waals surface area contributed by atoms with Gasteiger partial charge < -0.3 is 14.3 Å². The van der Waals surface area contributed by atoms with Crippen LogP contribution in [0.15, 0.2) is 40.8 Å². The number of hydrogen-bond acceptors (Lipinski definition) is 4. The zero-order chi connectivity index (χ0) is 14.0. The largest absolute Gasteiger partial charge is 0.463 e. The first kappa shape index (κ1) is 13.3. The molecule has 19 heavy (non-hydrogen) atoms. The highest BCUT2D eigenvalue weighted by atomic mass is 19.1. The highest BCUT2D eigenvalue weighted by molar-refractivity contribution is 5.86. The van der Waals surface area contributed by atoms with Gasteiger partial charge in [0.25, 0.3) is 0 Å². The number of ether oxygens (including phenoxy) is 1. The first-order chi connectivity index (χ1) is 8.96. The Labute approximate surface area is 109 Å². The Balaban J connectivity index is 2.42. The van der Waals surface area contributed by atoms with Gasteiger partial charge in [-0.3, -0.25) is 0 Å². The number of methoxy groups -OCH3 is 1. The highest BCUT2D eigenvalue weighted by Crippen LogP contribution is 2.32. The normalized spacial score (nSPS) is 13.9. The minimum absolute atomic E-state index is 0.0471. The molecule has 0 aliphatic carbocycles. The molecule has 0 saturated heterocycles. The number of hydrogen-bond donors (Lipinski definition) is 1. The Kier molecular flexibility index (Phi) is 3.40. The highest BCUT2D eigenvalue weighted by Gasteiger charge is 2.32. The van der Waals surface area contributed by atoms with Gasteiger partial charge in [-0.1, -0.05) is 18.2 Å². The smallest absolute Gasteiger partial charge is 0.373 e. The van der Waals surface area contributed by atoms with Crippen molar-refractivity contribution in [3.05, 3.63) is 59.3 Å². The van der Waals surface area contributed by atoms with Crippen LogP contribution in [0.25, 0.3) is 0 Å². The Morgan fingerprint density at radius 2 is 2.00 bits per heavy atom. The third-order valence-electron chi connectivity index (χ3n) is 2.87. The average molecular weight is 264 g/mol. The van der Waals surface area contributed by atoms with Crippen molar-refractivity contribution in [3.8, 4) is 0 Å². The summed E-state index contributed by atoms with van der Waals surface area (Å²) < 4.78 is 23.4. The third-order valence-corrected chi connectivity index (χ3v) is 2.87. The van der Waals surface area contributed by atoms with Crippen molar-refractivity contribution in [2.24, 2.45) is 0 Å². The molecule has 4 nitrogen and oxygen atoms in total. The number of halogens is 1. The summed E-state index contributed by atoms with van der Waals surface area (Å²) in [5.74, 6) is -1.19. The second kappa shape index (κ2) is 4.85. The quantitative estimate of drug-likeness (QED) is 0.865. The molecule has 1 atom stereocenters. The van der Waals surface area contributed by atoms with Gasteiger partial charge in [0.15, 0.2) is 0 Å². The van der Waals surface area contributed by atoms with Gasteiger partial charge in [-0.05, 0) is 25.1 Å². The van der Waals surface area contributed by atoms with Crippen LogP contribution in [-0.4, -0.2) is 18.2 Å². The number of benzene rings is 1. The molecule has 0 spiro atoms. The molecule has 0 radical (unpaired) electrons. The maximum absolute atomic E-state index is 13.7. The summed E-state index contributed by atoms with van der Waals surface area (Å²) in [5.41, 5.74) is -1.60. The van der Waals surface area contributed by atoms with Crippen molar-refractivity contribution in [3.63, 3.8) is 0 Å². The van der Waals surface area contributed by atoms with Crippen molar-refractivity contribution in [1.82, 2.24) is 0 Å². The van der Waals surface area contributed by atoms with E-state index < -0.39 is 17.4 Å². The fourth-order valence-electron chi connectivity index (χ4n) is 1.80. The minimum atomic E-state index is -1.67. The van der Waals surface area contributed by atoms with E-state index in [4.69, 9.17) is 4.42 Å². The summed E-state index contributed by atoms with van der Waals surface area (Å²) in [7, 11) is 1.22. The van der Waals surface area contributed by atoms with Crippen molar-refractivity contribution < 1.29 is 23.4 Å². The molecular formula is C14H13FO4. The Hall–Kier alpha value is -2.14. The molecule has 0 fully saturated rings. The Morgan fingerprint density at radius 1 is 1.32 bits per heavy atom. The van der Waals surface area contributed by atoms with Crippen LogP contribution in [0.3, 0.4) is 0 Å². The predicted octanol–water partition coefficient (Wildman–Crippen LogP) is 2.46. The lowest BCUT2D eigenvalue weighted by Gasteiger charge is -2.21. The predicted molar refractivity (Wildman–Crippen MR) is 65.1 cm³/mol. The molecule has 1 N–H and O–H groups in total. The second-order valence-corrected chi connectivity index (χ2v) is 4.21. The summed E-state index contributed by atoms with van der Waals surface area (Å²) in [6.45, 7) is 1.39. The van der Waals surface area contributed by atoms with E-state index in [1.807, 2.05) is 0 Å². The van der Waals surface area contributed by atoms with E-state index in [2.05, 4.69) is 4.74 Å². The molecule has 1 aromatic heterocycles. The molecule has 0 aliphatic rings. The van der Waals surface area contributed by atoms with E-state index in [9.17, 15) is 14.3 Å². The summed E-state index contributed by atoms with van der Waals surface area (Å²) >= 11 is 0. The number of furan rings is 1. The number of rotatable bonds is 3. The van der Waals surface area contributed by atoms with E-state index >= 15 is 0 Å². The third kappa shape index (κ3) is 2.37. The number of carbonyl (C=O) groups excluding carboxylic acids is 1. The van der Waals surface area contributed by atoms with Gasteiger partial charge in [0.2, 0.25) is 5.76 Å². The van der Waals surface area contributed by atoms with E-state index in [1.54, 1.807) is 6.07 Å². The van der Waals surface area contributed by atoms with Crippen LogP contribution in [0.4, 0.5) is 4.39 Å². The first-order valence-corrected chi connectivity index (χ1v) is 5.63. The van der Waals surface area contributed by atoms with Crippen LogP contribution in [0.5, 0.6) is 0 Å². The summed E-state index contributed by atoms with van der Waals surface area (Å²) in [6, 6.07) is 8.62.